The van der Waals surface area contributed by atoms with Crippen molar-refractivity contribution in [3.05, 3.63) is 0 Å². The van der Waals surface area contributed by atoms with Crippen molar-refractivity contribution in [3.63, 3.8) is 0 Å². The van der Waals surface area contributed by atoms with E-state index in [2.05, 4.69) is 0 Å². The third-order valence-corrected chi connectivity index (χ3v) is 0. The topological polar surface area (TPSA) is 2760 Å². The van der Waals surface area contributed by atoms with Gasteiger partial charge in [-0.1, -0.05) is 0 Å². The predicted octanol–water partition coefficient (Wildman–Crippen LogP) is -11.5. The molecule has 0 aromatic carbocycles. The Bertz CT molecular complexity index is 238. The van der Waals surface area contributed by atoms with E-state index in [1.54, 1.807) is 0 Å². The Labute approximate surface area is 916 Å². The minimum absolute atomic E-state index is 0. The fraction of sp³-hybridized carbons (Fsp3) is 1.00. The molecule has 150 heavy (non-hydrogen) atoms. The molecule has 0 aromatic heterocycles. The fourth-order valence-electron chi connectivity index (χ4n) is 0. The highest BCUT2D eigenvalue weighted by Crippen LogP contribution is 0.856. The van der Waals surface area contributed by atoms with E-state index in [0.717, 1.165) is 355 Å². The first-order valence-electron chi connectivity index (χ1n) is 22.4. The standard InChI is InChI=1S/50CH4O.50H3N/c50*1-2;;;;;;;;;;;;;;;;;;;;;;;;;;;;;;;;;;;;;;;;;;;;;;;;;;/h50*2H,1H3;50*1H3. The summed E-state index contributed by atoms with van der Waals surface area (Å²) in [5.74, 6) is 0. The van der Waals surface area contributed by atoms with Crippen LogP contribution < -0.4 is 308 Å². The first kappa shape index (κ1) is 1450. The summed E-state index contributed by atoms with van der Waals surface area (Å²) in [6.07, 6.45) is 0. The Balaban J connectivity index is -0.00000000172. The number of aliphatic hydroxyl groups is 50. The van der Waals surface area contributed by atoms with Crippen LogP contribution in [-0.2, 0) is 0 Å². The molecule has 0 aromatic rings. The molecule has 0 radical (unpaired) electrons. The van der Waals surface area contributed by atoms with E-state index in [-0.39, 0.29) is 308 Å². The lowest BCUT2D eigenvalue weighted by atomic mass is 11.8. The zero-order chi connectivity index (χ0) is 100. The average molecular weight is 2450 g/mol. The minimum atomic E-state index is 0. The van der Waals surface area contributed by atoms with Crippen LogP contribution in [0.1, 0.15) is 0 Å². The average Bonchev–Trinajstić information content (AvgIpc) is 3.87. The summed E-state index contributed by atoms with van der Waals surface area (Å²) in [6.45, 7) is 0. The van der Waals surface area contributed by atoms with Crippen molar-refractivity contribution in [1.82, 2.24) is 308 Å². The summed E-state index contributed by atoms with van der Waals surface area (Å²) in [6, 6.07) is 0. The molecule has 0 amide bonds. The molecule has 0 unspecified atom stereocenters. The van der Waals surface area contributed by atoms with Gasteiger partial charge in [-0.2, -0.15) is 0 Å². The molecule has 200 N–H and O–H groups in total. The van der Waals surface area contributed by atoms with E-state index < -0.39 is 0 Å². The van der Waals surface area contributed by atoms with Crippen molar-refractivity contribution in [3.8, 4) is 0 Å². The molecule has 0 atom stereocenters. The van der Waals surface area contributed by atoms with Crippen LogP contribution in [0.3, 0.4) is 0 Å². The molecule has 100 nitrogen and oxygen atoms in total. The van der Waals surface area contributed by atoms with E-state index in [4.69, 9.17) is 255 Å². The van der Waals surface area contributed by atoms with Crippen molar-refractivity contribution in [1.29, 1.82) is 0 Å². The van der Waals surface area contributed by atoms with Gasteiger partial charge in [0.15, 0.2) is 0 Å². The summed E-state index contributed by atoms with van der Waals surface area (Å²) >= 11 is 0. The Morgan fingerprint density at radius 1 is 0.0267 bits per heavy atom. The molecule has 0 aliphatic rings. The lowest BCUT2D eigenvalue weighted by Gasteiger charge is -1.21. The molecule has 0 bridgehead atoms. The van der Waals surface area contributed by atoms with Crippen molar-refractivity contribution in [2.24, 2.45) is 0 Å². The minimum Gasteiger partial charge on any atom is -0.400 e. The molecule has 0 fully saturated rings. The number of hydrogen-bond acceptors (Lipinski definition) is 100. The van der Waals surface area contributed by atoms with Crippen molar-refractivity contribution in [2.75, 3.05) is 355 Å². The predicted molar refractivity (Wildman–Crippen MR) is 658 cm³/mol. The normalized spacial score (nSPS) is 2.00. The molecule has 1100 valence electrons. The van der Waals surface area contributed by atoms with Crippen LogP contribution in [0.25, 0.3) is 0 Å². The second kappa shape index (κ2) is 188000. The highest BCUT2D eigenvalue weighted by molar-refractivity contribution is 3.27. The Morgan fingerprint density at radius 3 is 0.0267 bits per heavy atom. The summed E-state index contributed by atoms with van der Waals surface area (Å²) < 4.78 is 0. The maximum Gasteiger partial charge on any atom is 0.0319 e. The first-order valence-corrected chi connectivity index (χ1v) is 22.4. The van der Waals surface area contributed by atoms with Gasteiger partial charge >= 0.3 is 0 Å². The zero-order valence-electron chi connectivity index (χ0n) is 108. The largest absolute Gasteiger partial charge is 0.400 e. The van der Waals surface area contributed by atoms with Crippen molar-refractivity contribution >= 4 is 0 Å². The van der Waals surface area contributed by atoms with Gasteiger partial charge in [0.2, 0.25) is 0 Å². The van der Waals surface area contributed by atoms with Gasteiger partial charge in [-0.05, 0) is 0 Å². The summed E-state index contributed by atoms with van der Waals surface area (Å²) in [5, 5.41) is 350. The monoisotopic (exact) mass is 2450 g/mol. The van der Waals surface area contributed by atoms with Gasteiger partial charge in [-0.15, -0.1) is 0 Å². The van der Waals surface area contributed by atoms with Crippen LogP contribution in [0.2, 0.25) is 0 Å². The van der Waals surface area contributed by atoms with Crippen LogP contribution >= 0.6 is 0 Å². The SMILES string of the molecule is CO.CO.CO.CO.CO.CO.CO.CO.CO.CO.CO.CO.CO.CO.CO.CO.CO.CO.CO.CO.CO.CO.CO.CO.CO.CO.CO.CO.CO.CO.CO.CO.CO.CO.CO.CO.CO.CO.CO.CO.CO.CO.CO.CO.CO.CO.CO.CO.CO.CO.N.N.N.N.N.N.N.N.N.N.N.N.N.N.N.N.N.N.N.N.N.N.N.N.N.N.N.N.N.N.N.N.N.N.N.N.N.N.N.N.N.N.N.N.N.N.N.N.N.N. The van der Waals surface area contributed by atoms with Gasteiger partial charge in [0.05, 0.1) is 0 Å². The van der Waals surface area contributed by atoms with Crippen molar-refractivity contribution < 1.29 is 255 Å². The highest BCUT2D eigenvalue weighted by atomic mass is 16.3. The van der Waals surface area contributed by atoms with Gasteiger partial charge in [-0.25, -0.2) is 0 Å². The van der Waals surface area contributed by atoms with E-state index in [9.17, 15) is 0 Å². The molecule has 100 heteroatoms. The van der Waals surface area contributed by atoms with Gasteiger partial charge in [0.25, 0.3) is 0 Å². The molecule has 0 saturated heterocycles. The molecule has 0 saturated carbocycles. The summed E-state index contributed by atoms with van der Waals surface area (Å²) in [4.78, 5) is 0. The van der Waals surface area contributed by atoms with Gasteiger partial charge in [0, 0.05) is 355 Å². The Hall–Kier alpha value is -4.00. The number of rotatable bonds is 0. The molecule has 0 heterocycles. The van der Waals surface area contributed by atoms with Gasteiger partial charge in [-0.3, -0.25) is 0 Å². The Morgan fingerprint density at radius 2 is 0.0267 bits per heavy atom. The van der Waals surface area contributed by atoms with Crippen molar-refractivity contribution in [2.45, 2.75) is 0 Å². The smallest absolute Gasteiger partial charge is 0.0319 e. The quantitative estimate of drug-likeness (QED) is 0.107. The lowest BCUT2D eigenvalue weighted by Crippen LogP contribution is -1.25. The van der Waals surface area contributed by atoms with E-state index in [1.807, 2.05) is 0 Å². The highest BCUT2D eigenvalue weighted by Gasteiger charge is 0.940. The maximum atomic E-state index is 7.00. The maximum absolute atomic E-state index is 7.00. The summed E-state index contributed by atoms with van der Waals surface area (Å²) in [5.41, 5.74) is 0. The fourth-order valence-corrected chi connectivity index (χ4v) is 0. The Kier molecular flexibility index (Phi) is 1820000. The zero-order valence-corrected chi connectivity index (χ0v) is 108. The molecule has 0 aliphatic carbocycles. The van der Waals surface area contributed by atoms with Crippen LogP contribution in [0.5, 0.6) is 0 Å². The van der Waals surface area contributed by atoms with Crippen LogP contribution in [0, 0.1) is 0 Å². The van der Waals surface area contributed by atoms with E-state index in [1.165, 1.54) is 0 Å². The molecular weight excluding hydrogens is 2100 g/mol. The van der Waals surface area contributed by atoms with Gasteiger partial charge in [0.1, 0.15) is 0 Å². The first-order chi connectivity index (χ1) is 50.0. The second-order valence-electron chi connectivity index (χ2n) is 0. The lowest BCUT2D eigenvalue weighted by molar-refractivity contribution is 0.399. The van der Waals surface area contributed by atoms with E-state index in [0.29, 0.717) is 0 Å². The van der Waals surface area contributed by atoms with Crippen LogP contribution in [-0.4, -0.2) is 611 Å². The van der Waals surface area contributed by atoms with Crippen LogP contribution in [0.15, 0.2) is 0 Å². The second-order valence-corrected chi connectivity index (χ2v) is 0. The van der Waals surface area contributed by atoms with E-state index >= 15 is 0 Å². The third-order valence-electron chi connectivity index (χ3n) is 0. The molecular formula is C50H350N50O50. The molecule has 0 spiro atoms. The molecule has 0 rings (SSSR count). The van der Waals surface area contributed by atoms with Crippen LogP contribution in [0.4, 0.5) is 0 Å². The third kappa shape index (κ3) is 184000. The number of hydrogen-bond donors (Lipinski definition) is 100. The number of aliphatic hydroxyl groups excluding tert-OH is 50. The molecule has 0 aliphatic heterocycles. The summed E-state index contributed by atoms with van der Waals surface area (Å²) in [7, 11) is 50.0. The van der Waals surface area contributed by atoms with Gasteiger partial charge < -0.3 is 563 Å².